The van der Waals surface area contributed by atoms with Crippen molar-refractivity contribution in [2.75, 3.05) is 10.6 Å². The van der Waals surface area contributed by atoms with Crippen LogP contribution in [0.2, 0.25) is 0 Å². The van der Waals surface area contributed by atoms with Gasteiger partial charge in [-0.2, -0.15) is 0 Å². The molecule has 0 radical (unpaired) electrons. The van der Waals surface area contributed by atoms with Gasteiger partial charge < -0.3 is 0 Å². The molecule has 0 aliphatic rings. The largest absolute Gasteiger partial charge is 0.326 e. The Labute approximate surface area is 98.1 Å². The number of rotatable bonds is 2. The van der Waals surface area contributed by atoms with Gasteiger partial charge in [-0.1, -0.05) is 6.07 Å². The first-order chi connectivity index (χ1) is 8.24. The minimum Gasteiger partial charge on any atom is -0.292 e. The number of anilines is 2. The number of hydrogen-bond donors (Lipinski definition) is 2. The van der Waals surface area contributed by atoms with Crippen molar-refractivity contribution in [3.63, 3.8) is 0 Å². The summed E-state index contributed by atoms with van der Waals surface area (Å²) in [6.45, 7) is 1.93. The van der Waals surface area contributed by atoms with Crippen LogP contribution in [0.4, 0.5) is 16.4 Å². The minimum atomic E-state index is -0.401. The molecule has 0 saturated heterocycles. The molecule has 6 heteroatoms. The van der Waals surface area contributed by atoms with E-state index in [0.717, 1.165) is 5.56 Å². The summed E-state index contributed by atoms with van der Waals surface area (Å²) in [6.07, 6.45) is 6.17. The second-order valence-electron chi connectivity index (χ2n) is 3.39. The molecule has 0 atom stereocenters. The molecule has 2 N–H and O–H groups in total. The zero-order chi connectivity index (χ0) is 12.1. The first kappa shape index (κ1) is 11.0. The lowest BCUT2D eigenvalue weighted by Gasteiger charge is -2.05. The van der Waals surface area contributed by atoms with Crippen LogP contribution in [0.3, 0.4) is 0 Å². The molecule has 2 aromatic rings. The van der Waals surface area contributed by atoms with Gasteiger partial charge in [-0.05, 0) is 18.6 Å². The first-order valence-corrected chi connectivity index (χ1v) is 5.01. The van der Waals surface area contributed by atoms with E-state index in [4.69, 9.17) is 0 Å². The fraction of sp³-hybridized carbons (Fsp3) is 0.0909. The number of aromatic nitrogens is 3. The van der Waals surface area contributed by atoms with Crippen molar-refractivity contribution in [1.29, 1.82) is 0 Å². The lowest BCUT2D eigenvalue weighted by Crippen LogP contribution is -2.20. The van der Waals surface area contributed by atoms with Gasteiger partial charge in [-0.3, -0.25) is 15.6 Å². The molecule has 2 rings (SSSR count). The Kier molecular flexibility index (Phi) is 3.25. The average Bonchev–Trinajstić information content (AvgIpc) is 2.33. The number of amides is 2. The van der Waals surface area contributed by atoms with Gasteiger partial charge in [0.05, 0.1) is 6.20 Å². The highest BCUT2D eigenvalue weighted by atomic mass is 16.2. The fourth-order valence-electron chi connectivity index (χ4n) is 1.17. The summed E-state index contributed by atoms with van der Waals surface area (Å²) in [4.78, 5) is 23.3. The van der Waals surface area contributed by atoms with Crippen LogP contribution in [0, 0.1) is 6.92 Å². The molecule has 0 aliphatic heterocycles. The average molecular weight is 229 g/mol. The van der Waals surface area contributed by atoms with E-state index in [0.29, 0.717) is 11.6 Å². The maximum atomic E-state index is 11.5. The minimum absolute atomic E-state index is 0.386. The van der Waals surface area contributed by atoms with Gasteiger partial charge in [0.2, 0.25) is 0 Å². The van der Waals surface area contributed by atoms with Gasteiger partial charge in [0.25, 0.3) is 0 Å². The van der Waals surface area contributed by atoms with Crippen molar-refractivity contribution < 1.29 is 4.79 Å². The van der Waals surface area contributed by atoms with Crippen LogP contribution in [0.25, 0.3) is 0 Å². The molecule has 2 aromatic heterocycles. The van der Waals surface area contributed by atoms with Gasteiger partial charge in [0, 0.05) is 18.6 Å². The Hall–Kier alpha value is -2.50. The molecule has 2 amide bonds. The van der Waals surface area contributed by atoms with E-state index in [2.05, 4.69) is 25.6 Å². The maximum absolute atomic E-state index is 11.5. The molecule has 0 spiro atoms. The monoisotopic (exact) mass is 229 g/mol. The number of hydrogen-bond acceptors (Lipinski definition) is 4. The molecule has 0 fully saturated rings. The number of aryl methyl sites for hydroxylation is 1. The van der Waals surface area contributed by atoms with E-state index >= 15 is 0 Å². The Balaban J connectivity index is 1.96. The Morgan fingerprint density at radius 2 is 1.88 bits per heavy atom. The lowest BCUT2D eigenvalue weighted by atomic mass is 10.3. The van der Waals surface area contributed by atoms with E-state index in [9.17, 15) is 4.79 Å². The molecule has 0 aromatic carbocycles. The van der Waals surface area contributed by atoms with Gasteiger partial charge in [0.1, 0.15) is 5.82 Å². The van der Waals surface area contributed by atoms with E-state index in [1.807, 2.05) is 13.0 Å². The van der Waals surface area contributed by atoms with Crippen LogP contribution in [0.5, 0.6) is 0 Å². The summed E-state index contributed by atoms with van der Waals surface area (Å²) < 4.78 is 0. The van der Waals surface area contributed by atoms with Gasteiger partial charge in [-0.15, -0.1) is 0 Å². The Bertz CT molecular complexity index is 497. The number of carbonyl (C=O) groups is 1. The molecule has 0 aliphatic carbocycles. The highest BCUT2D eigenvalue weighted by Gasteiger charge is 2.03. The normalized spacial score (nSPS) is 9.71. The summed E-state index contributed by atoms with van der Waals surface area (Å²) in [5.41, 5.74) is 1.03. The fourth-order valence-corrected chi connectivity index (χ4v) is 1.17. The molecule has 0 unspecified atom stereocenters. The summed E-state index contributed by atoms with van der Waals surface area (Å²) in [6, 6.07) is 3.19. The van der Waals surface area contributed by atoms with Crippen molar-refractivity contribution >= 4 is 17.7 Å². The van der Waals surface area contributed by atoms with Crippen LogP contribution >= 0.6 is 0 Å². The highest BCUT2D eigenvalue weighted by molar-refractivity contribution is 5.98. The zero-order valence-corrected chi connectivity index (χ0v) is 9.21. The number of urea groups is 1. The van der Waals surface area contributed by atoms with Crippen LogP contribution in [-0.2, 0) is 0 Å². The van der Waals surface area contributed by atoms with E-state index < -0.39 is 6.03 Å². The summed E-state index contributed by atoms with van der Waals surface area (Å²) in [5, 5.41) is 5.13. The summed E-state index contributed by atoms with van der Waals surface area (Å²) in [7, 11) is 0. The molecule has 6 nitrogen and oxygen atoms in total. The van der Waals surface area contributed by atoms with Crippen LogP contribution < -0.4 is 10.6 Å². The van der Waals surface area contributed by atoms with Crippen LogP contribution in [0.15, 0.2) is 36.9 Å². The van der Waals surface area contributed by atoms with E-state index in [1.165, 1.54) is 18.6 Å². The standard InChI is InChI=1S/C11H11N5O/c1-8-2-3-9(14-6-8)15-11(17)16-10-7-12-4-5-13-10/h2-7H,1H3,(H2,13,14,15,16,17). The maximum Gasteiger partial charge on any atom is 0.326 e. The van der Waals surface area contributed by atoms with Gasteiger partial charge in [-0.25, -0.2) is 14.8 Å². The van der Waals surface area contributed by atoms with E-state index in [-0.39, 0.29) is 0 Å². The second-order valence-corrected chi connectivity index (χ2v) is 3.39. The van der Waals surface area contributed by atoms with Gasteiger partial charge >= 0.3 is 6.03 Å². The number of carbonyl (C=O) groups excluding carboxylic acids is 1. The number of nitrogens with zero attached hydrogens (tertiary/aromatic N) is 3. The van der Waals surface area contributed by atoms with Gasteiger partial charge in [0.15, 0.2) is 5.82 Å². The third-order valence-electron chi connectivity index (χ3n) is 1.96. The smallest absolute Gasteiger partial charge is 0.292 e. The molecular formula is C11H11N5O. The predicted octanol–water partition coefficient (Wildman–Crippen LogP) is 1.82. The highest BCUT2D eigenvalue weighted by Crippen LogP contribution is 2.05. The predicted molar refractivity (Wildman–Crippen MR) is 63.6 cm³/mol. The molecule has 0 saturated carbocycles. The Morgan fingerprint density at radius 3 is 2.53 bits per heavy atom. The quantitative estimate of drug-likeness (QED) is 0.823. The molecule has 0 bridgehead atoms. The molecule has 86 valence electrons. The lowest BCUT2D eigenvalue weighted by molar-refractivity contribution is 0.262. The molecule has 2 heterocycles. The van der Waals surface area contributed by atoms with Crippen molar-refractivity contribution in [2.24, 2.45) is 0 Å². The first-order valence-electron chi connectivity index (χ1n) is 5.01. The second kappa shape index (κ2) is 5.02. The summed E-state index contributed by atoms with van der Waals surface area (Å²) >= 11 is 0. The zero-order valence-electron chi connectivity index (χ0n) is 9.21. The third-order valence-corrected chi connectivity index (χ3v) is 1.96. The van der Waals surface area contributed by atoms with Crippen LogP contribution in [0.1, 0.15) is 5.56 Å². The molecule has 17 heavy (non-hydrogen) atoms. The van der Waals surface area contributed by atoms with Crippen molar-refractivity contribution in [1.82, 2.24) is 15.0 Å². The number of pyridine rings is 1. The molecular weight excluding hydrogens is 218 g/mol. The SMILES string of the molecule is Cc1ccc(NC(=O)Nc2cnccn2)nc1. The van der Waals surface area contributed by atoms with Crippen molar-refractivity contribution in [3.05, 3.63) is 42.5 Å². The topological polar surface area (TPSA) is 79.8 Å². The van der Waals surface area contributed by atoms with Crippen molar-refractivity contribution in [3.8, 4) is 0 Å². The van der Waals surface area contributed by atoms with Crippen molar-refractivity contribution in [2.45, 2.75) is 6.92 Å². The summed E-state index contributed by atoms with van der Waals surface area (Å²) in [5.74, 6) is 0.870. The van der Waals surface area contributed by atoms with Crippen LogP contribution in [-0.4, -0.2) is 21.0 Å². The van der Waals surface area contributed by atoms with E-state index in [1.54, 1.807) is 12.3 Å². The Morgan fingerprint density at radius 1 is 1.06 bits per heavy atom. The number of nitrogens with one attached hydrogen (secondary N) is 2. The third kappa shape index (κ3) is 3.23.